The monoisotopic (exact) mass is 423 g/mol. The first-order valence-electron chi connectivity index (χ1n) is 9.31. The molecule has 1 amide bonds. The Morgan fingerprint density at radius 3 is 2.40 bits per heavy atom. The van der Waals surface area contributed by atoms with Gasteiger partial charge in [0.2, 0.25) is 11.1 Å². The third-order valence-electron chi connectivity index (χ3n) is 4.63. The van der Waals surface area contributed by atoms with E-state index in [1.165, 1.54) is 6.92 Å². The van der Waals surface area contributed by atoms with E-state index in [-0.39, 0.29) is 11.2 Å². The van der Waals surface area contributed by atoms with Gasteiger partial charge in [0.15, 0.2) is 17.3 Å². The molecule has 0 fully saturated rings. The van der Waals surface area contributed by atoms with Crippen molar-refractivity contribution < 1.29 is 14.3 Å². The predicted octanol–water partition coefficient (Wildman–Crippen LogP) is 3.67. The Hall–Kier alpha value is -3.33. The SMILES string of the molecule is COc1ccc(-c2nnc3n2N=C(c2ccc(NC(C)=O)cc2)C(C)S3)cc1OC. The number of hydrogen-bond donors (Lipinski definition) is 1. The minimum absolute atomic E-state index is 0.102. The number of amides is 1. The molecule has 8 nitrogen and oxygen atoms in total. The minimum Gasteiger partial charge on any atom is -0.493 e. The second-order valence-corrected chi connectivity index (χ2v) is 8.00. The van der Waals surface area contributed by atoms with E-state index in [1.54, 1.807) is 30.7 Å². The molecule has 3 aromatic rings. The highest BCUT2D eigenvalue weighted by atomic mass is 32.2. The first-order chi connectivity index (χ1) is 14.5. The number of nitrogens with zero attached hydrogens (tertiary/aromatic N) is 4. The van der Waals surface area contributed by atoms with Crippen LogP contribution in [0.3, 0.4) is 0 Å². The van der Waals surface area contributed by atoms with Gasteiger partial charge in [0.05, 0.1) is 25.2 Å². The van der Waals surface area contributed by atoms with E-state index in [0.29, 0.717) is 17.3 Å². The Kier molecular flexibility index (Phi) is 5.45. The number of fused-ring (bicyclic) bond motifs is 1. The number of hydrogen-bond acceptors (Lipinski definition) is 7. The van der Waals surface area contributed by atoms with Gasteiger partial charge in [0.25, 0.3) is 0 Å². The molecule has 0 spiro atoms. The fraction of sp³-hybridized carbons (Fsp3) is 0.238. The topological polar surface area (TPSA) is 90.6 Å². The van der Waals surface area contributed by atoms with Gasteiger partial charge in [-0.25, -0.2) is 0 Å². The number of anilines is 1. The predicted molar refractivity (Wildman–Crippen MR) is 117 cm³/mol. The molecule has 0 aliphatic carbocycles. The summed E-state index contributed by atoms with van der Waals surface area (Å²) in [6.07, 6.45) is 0. The lowest BCUT2D eigenvalue weighted by atomic mass is 10.1. The van der Waals surface area contributed by atoms with Crippen molar-refractivity contribution in [3.8, 4) is 22.9 Å². The quantitative estimate of drug-likeness (QED) is 0.673. The van der Waals surface area contributed by atoms with E-state index in [0.717, 1.165) is 27.7 Å². The molecule has 1 aliphatic heterocycles. The van der Waals surface area contributed by atoms with Crippen LogP contribution < -0.4 is 14.8 Å². The molecule has 1 unspecified atom stereocenters. The number of aromatic nitrogens is 3. The van der Waals surface area contributed by atoms with Crippen LogP contribution in [-0.2, 0) is 4.79 Å². The van der Waals surface area contributed by atoms with Gasteiger partial charge in [0, 0.05) is 18.2 Å². The normalized spacial score (nSPS) is 15.2. The van der Waals surface area contributed by atoms with Gasteiger partial charge in [-0.2, -0.15) is 9.78 Å². The maximum Gasteiger partial charge on any atom is 0.221 e. The molecule has 0 saturated heterocycles. The summed E-state index contributed by atoms with van der Waals surface area (Å²) in [5.41, 5.74) is 3.45. The number of carbonyl (C=O) groups excluding carboxylic acids is 1. The number of rotatable bonds is 5. The largest absolute Gasteiger partial charge is 0.493 e. The number of benzene rings is 2. The smallest absolute Gasteiger partial charge is 0.221 e. The molecule has 154 valence electrons. The number of nitrogens with one attached hydrogen (secondary N) is 1. The van der Waals surface area contributed by atoms with Gasteiger partial charge in [0.1, 0.15) is 0 Å². The fourth-order valence-corrected chi connectivity index (χ4v) is 4.13. The fourth-order valence-electron chi connectivity index (χ4n) is 3.21. The summed E-state index contributed by atoms with van der Waals surface area (Å²) in [6.45, 7) is 3.57. The Balaban J connectivity index is 1.72. The van der Waals surface area contributed by atoms with Gasteiger partial charge in [-0.15, -0.1) is 10.2 Å². The van der Waals surface area contributed by atoms with Gasteiger partial charge >= 0.3 is 0 Å². The van der Waals surface area contributed by atoms with E-state index in [4.69, 9.17) is 14.6 Å². The third-order valence-corrected chi connectivity index (χ3v) is 5.67. The number of carbonyl (C=O) groups is 1. The first-order valence-corrected chi connectivity index (χ1v) is 10.2. The van der Waals surface area contributed by atoms with Gasteiger partial charge in [-0.05, 0) is 42.8 Å². The van der Waals surface area contributed by atoms with Crippen LogP contribution in [0.25, 0.3) is 11.4 Å². The highest BCUT2D eigenvalue weighted by Gasteiger charge is 2.26. The second-order valence-electron chi connectivity index (χ2n) is 6.69. The molecule has 1 atom stereocenters. The molecule has 1 aromatic heterocycles. The number of methoxy groups -OCH3 is 2. The lowest BCUT2D eigenvalue weighted by Crippen LogP contribution is -2.21. The van der Waals surface area contributed by atoms with Crippen molar-refractivity contribution in [2.24, 2.45) is 5.10 Å². The van der Waals surface area contributed by atoms with Crippen molar-refractivity contribution in [2.75, 3.05) is 19.5 Å². The summed E-state index contributed by atoms with van der Waals surface area (Å²) in [5, 5.41) is 17.1. The van der Waals surface area contributed by atoms with Crippen molar-refractivity contribution in [1.29, 1.82) is 0 Å². The van der Waals surface area contributed by atoms with E-state index in [1.807, 2.05) is 42.5 Å². The van der Waals surface area contributed by atoms with Gasteiger partial charge in [-0.3, -0.25) is 4.79 Å². The zero-order valence-electron chi connectivity index (χ0n) is 17.0. The van der Waals surface area contributed by atoms with Crippen LogP contribution in [0, 0.1) is 0 Å². The standard InChI is InChI=1S/C21H21N5O3S/c1-12-19(14-5-8-16(9-6-14)22-13(2)27)25-26-20(23-24-21(26)30-12)15-7-10-17(28-3)18(11-15)29-4/h5-12H,1-4H3,(H,22,27). The molecule has 2 aromatic carbocycles. The summed E-state index contributed by atoms with van der Waals surface area (Å²) >= 11 is 1.60. The average molecular weight is 423 g/mol. The average Bonchev–Trinajstić information content (AvgIpc) is 3.15. The van der Waals surface area contributed by atoms with Crippen molar-refractivity contribution in [3.63, 3.8) is 0 Å². The van der Waals surface area contributed by atoms with Crippen LogP contribution in [0.4, 0.5) is 5.69 Å². The Labute approximate surface area is 178 Å². The van der Waals surface area contributed by atoms with Gasteiger partial charge < -0.3 is 14.8 Å². The molecule has 0 radical (unpaired) electrons. The van der Waals surface area contributed by atoms with Crippen molar-refractivity contribution in [1.82, 2.24) is 14.9 Å². The highest BCUT2D eigenvalue weighted by molar-refractivity contribution is 8.00. The summed E-state index contributed by atoms with van der Waals surface area (Å²) in [7, 11) is 3.20. The van der Waals surface area contributed by atoms with Crippen molar-refractivity contribution in [2.45, 2.75) is 24.3 Å². The van der Waals surface area contributed by atoms with E-state index < -0.39 is 0 Å². The molecule has 4 rings (SSSR count). The molecule has 0 saturated carbocycles. The Bertz CT molecular complexity index is 1120. The number of ether oxygens (including phenoxy) is 2. The summed E-state index contributed by atoms with van der Waals surface area (Å²) < 4.78 is 12.5. The Morgan fingerprint density at radius 1 is 1.03 bits per heavy atom. The van der Waals surface area contributed by atoms with Crippen LogP contribution in [0.1, 0.15) is 19.4 Å². The molecule has 1 N–H and O–H groups in total. The van der Waals surface area contributed by atoms with Gasteiger partial charge in [-0.1, -0.05) is 23.9 Å². The first kappa shape index (κ1) is 20.0. The maximum absolute atomic E-state index is 11.2. The van der Waals surface area contributed by atoms with Crippen LogP contribution in [0.5, 0.6) is 11.5 Å². The molecular formula is C21H21N5O3S. The summed E-state index contributed by atoms with van der Waals surface area (Å²) in [6, 6.07) is 13.2. The molecule has 0 bridgehead atoms. The highest BCUT2D eigenvalue weighted by Crippen LogP contribution is 2.36. The lowest BCUT2D eigenvalue weighted by Gasteiger charge is -2.20. The van der Waals surface area contributed by atoms with Crippen LogP contribution >= 0.6 is 11.8 Å². The summed E-state index contributed by atoms with van der Waals surface area (Å²) in [5.74, 6) is 1.78. The van der Waals surface area contributed by atoms with Crippen LogP contribution in [0.15, 0.2) is 52.7 Å². The van der Waals surface area contributed by atoms with Crippen LogP contribution in [-0.4, -0.2) is 46.0 Å². The van der Waals surface area contributed by atoms with E-state index in [2.05, 4.69) is 22.4 Å². The zero-order valence-corrected chi connectivity index (χ0v) is 17.9. The minimum atomic E-state index is -0.102. The van der Waals surface area contributed by atoms with Crippen LogP contribution in [0.2, 0.25) is 0 Å². The Morgan fingerprint density at radius 2 is 1.73 bits per heavy atom. The van der Waals surface area contributed by atoms with Crippen molar-refractivity contribution >= 4 is 29.1 Å². The molecule has 9 heteroatoms. The summed E-state index contributed by atoms with van der Waals surface area (Å²) in [4.78, 5) is 11.2. The molecule has 2 heterocycles. The van der Waals surface area contributed by atoms with Crippen molar-refractivity contribution in [3.05, 3.63) is 48.0 Å². The molecule has 1 aliphatic rings. The third kappa shape index (κ3) is 3.76. The molecule has 30 heavy (non-hydrogen) atoms. The lowest BCUT2D eigenvalue weighted by molar-refractivity contribution is -0.114. The zero-order chi connectivity index (χ0) is 21.3. The number of thioether (sulfide) groups is 1. The second kappa shape index (κ2) is 8.19. The molecular weight excluding hydrogens is 402 g/mol. The maximum atomic E-state index is 11.2. The van der Waals surface area contributed by atoms with E-state index >= 15 is 0 Å². The van der Waals surface area contributed by atoms with E-state index in [9.17, 15) is 4.79 Å².